The highest BCUT2D eigenvalue weighted by molar-refractivity contribution is 5.90. The molecule has 0 bridgehead atoms. The molecule has 0 aliphatic carbocycles. The summed E-state index contributed by atoms with van der Waals surface area (Å²) in [6, 6.07) is 15.3. The molecule has 1 N–H and O–H groups in total. The SMILES string of the molecule is CCc1cccc(OCC(=O)Nc2nccc(-c3c(C)nc4ccccn34)n2)c1. The molecule has 3 aromatic heterocycles. The molecule has 4 rings (SSSR count). The molecule has 0 saturated carbocycles. The van der Waals surface area contributed by atoms with Crippen molar-refractivity contribution >= 4 is 17.5 Å². The number of benzene rings is 1. The van der Waals surface area contributed by atoms with Crippen LogP contribution >= 0.6 is 0 Å². The highest BCUT2D eigenvalue weighted by Gasteiger charge is 2.13. The third-order valence-corrected chi connectivity index (χ3v) is 4.53. The van der Waals surface area contributed by atoms with Gasteiger partial charge in [-0.3, -0.25) is 14.5 Å². The van der Waals surface area contributed by atoms with E-state index in [1.54, 1.807) is 12.3 Å². The number of nitrogens with one attached hydrogen (secondary N) is 1. The Kier molecular flexibility index (Phi) is 5.20. The van der Waals surface area contributed by atoms with Crippen molar-refractivity contribution in [2.75, 3.05) is 11.9 Å². The van der Waals surface area contributed by atoms with Crippen molar-refractivity contribution in [3.05, 3.63) is 72.2 Å². The van der Waals surface area contributed by atoms with Gasteiger partial charge in [0.15, 0.2) is 6.61 Å². The van der Waals surface area contributed by atoms with E-state index in [0.717, 1.165) is 29.0 Å². The number of carbonyl (C=O) groups is 1. The van der Waals surface area contributed by atoms with E-state index in [4.69, 9.17) is 4.74 Å². The van der Waals surface area contributed by atoms with E-state index in [0.29, 0.717) is 11.4 Å². The minimum Gasteiger partial charge on any atom is -0.484 e. The molecule has 146 valence electrons. The quantitative estimate of drug-likeness (QED) is 0.546. The van der Waals surface area contributed by atoms with Crippen LogP contribution < -0.4 is 10.1 Å². The van der Waals surface area contributed by atoms with Crippen molar-refractivity contribution in [1.82, 2.24) is 19.4 Å². The van der Waals surface area contributed by atoms with Gasteiger partial charge in [-0.15, -0.1) is 0 Å². The van der Waals surface area contributed by atoms with Crippen LogP contribution in [-0.2, 0) is 11.2 Å². The number of carbonyl (C=O) groups excluding carboxylic acids is 1. The van der Waals surface area contributed by atoms with Crippen LogP contribution in [0.5, 0.6) is 5.75 Å². The van der Waals surface area contributed by atoms with Gasteiger partial charge in [0.05, 0.1) is 17.1 Å². The Morgan fingerprint density at radius 1 is 1.14 bits per heavy atom. The van der Waals surface area contributed by atoms with Gasteiger partial charge in [-0.25, -0.2) is 15.0 Å². The maximum absolute atomic E-state index is 12.3. The molecule has 4 aromatic rings. The van der Waals surface area contributed by atoms with Crippen molar-refractivity contribution in [2.24, 2.45) is 0 Å². The fraction of sp³-hybridized carbons (Fsp3) is 0.182. The molecule has 0 aliphatic rings. The zero-order valence-corrected chi connectivity index (χ0v) is 16.3. The number of ether oxygens (including phenoxy) is 1. The van der Waals surface area contributed by atoms with E-state index < -0.39 is 0 Å². The Labute approximate surface area is 168 Å². The lowest BCUT2D eigenvalue weighted by molar-refractivity contribution is -0.118. The molecule has 0 unspecified atom stereocenters. The molecule has 0 fully saturated rings. The summed E-state index contributed by atoms with van der Waals surface area (Å²) in [7, 11) is 0. The lowest BCUT2D eigenvalue weighted by Gasteiger charge is -2.08. The second-order valence-electron chi connectivity index (χ2n) is 6.58. The largest absolute Gasteiger partial charge is 0.484 e. The monoisotopic (exact) mass is 387 g/mol. The molecule has 7 nitrogen and oxygen atoms in total. The van der Waals surface area contributed by atoms with E-state index in [9.17, 15) is 4.79 Å². The first kappa shape index (κ1) is 18.6. The average molecular weight is 387 g/mol. The average Bonchev–Trinajstić information content (AvgIpc) is 3.08. The van der Waals surface area contributed by atoms with Gasteiger partial charge in [0.1, 0.15) is 11.4 Å². The van der Waals surface area contributed by atoms with E-state index in [1.807, 2.05) is 60.0 Å². The number of rotatable bonds is 6. The minimum absolute atomic E-state index is 0.116. The summed E-state index contributed by atoms with van der Waals surface area (Å²) in [5.41, 5.74) is 4.40. The van der Waals surface area contributed by atoms with E-state index in [1.165, 1.54) is 0 Å². The lowest BCUT2D eigenvalue weighted by atomic mass is 10.2. The summed E-state index contributed by atoms with van der Waals surface area (Å²) in [5.74, 6) is 0.568. The summed E-state index contributed by atoms with van der Waals surface area (Å²) in [6.07, 6.45) is 4.46. The van der Waals surface area contributed by atoms with Crippen molar-refractivity contribution in [2.45, 2.75) is 20.3 Å². The van der Waals surface area contributed by atoms with Crippen molar-refractivity contribution < 1.29 is 9.53 Å². The summed E-state index contributed by atoms with van der Waals surface area (Å²) in [6.45, 7) is 3.89. The van der Waals surface area contributed by atoms with Gasteiger partial charge in [-0.1, -0.05) is 25.1 Å². The minimum atomic E-state index is -0.320. The van der Waals surface area contributed by atoms with Crippen LogP contribution in [0, 0.1) is 6.92 Å². The van der Waals surface area contributed by atoms with Crippen LogP contribution in [0.3, 0.4) is 0 Å². The number of amides is 1. The van der Waals surface area contributed by atoms with Gasteiger partial charge in [0.2, 0.25) is 5.95 Å². The molecular weight excluding hydrogens is 366 g/mol. The zero-order valence-electron chi connectivity index (χ0n) is 16.3. The van der Waals surface area contributed by atoms with Crippen LogP contribution in [0.1, 0.15) is 18.2 Å². The Balaban J connectivity index is 1.48. The number of aromatic nitrogens is 4. The number of hydrogen-bond acceptors (Lipinski definition) is 5. The summed E-state index contributed by atoms with van der Waals surface area (Å²) >= 11 is 0. The second kappa shape index (κ2) is 8.10. The van der Waals surface area contributed by atoms with Gasteiger partial charge in [0, 0.05) is 12.4 Å². The summed E-state index contributed by atoms with van der Waals surface area (Å²) < 4.78 is 7.55. The molecule has 1 amide bonds. The number of fused-ring (bicyclic) bond motifs is 1. The van der Waals surface area contributed by atoms with Crippen molar-refractivity contribution in [1.29, 1.82) is 0 Å². The molecule has 29 heavy (non-hydrogen) atoms. The molecular formula is C22H21N5O2. The predicted molar refractivity (Wildman–Crippen MR) is 111 cm³/mol. The normalized spacial score (nSPS) is 10.8. The van der Waals surface area contributed by atoms with Crippen LogP contribution in [0.25, 0.3) is 17.0 Å². The van der Waals surface area contributed by atoms with E-state index in [-0.39, 0.29) is 18.5 Å². The lowest BCUT2D eigenvalue weighted by Crippen LogP contribution is -2.21. The van der Waals surface area contributed by atoms with Crippen LogP contribution in [0.4, 0.5) is 5.95 Å². The van der Waals surface area contributed by atoms with Gasteiger partial charge in [0.25, 0.3) is 5.91 Å². The van der Waals surface area contributed by atoms with Crippen molar-refractivity contribution in [3.8, 4) is 17.1 Å². The Hall–Kier alpha value is -3.74. The van der Waals surface area contributed by atoms with Crippen LogP contribution in [0.15, 0.2) is 60.9 Å². The third kappa shape index (κ3) is 4.08. The highest BCUT2D eigenvalue weighted by atomic mass is 16.5. The van der Waals surface area contributed by atoms with Gasteiger partial charge in [-0.05, 0) is 49.2 Å². The first-order valence-electron chi connectivity index (χ1n) is 9.42. The molecule has 0 saturated heterocycles. The Bertz CT molecular complexity index is 1170. The first-order chi connectivity index (χ1) is 14.1. The number of pyridine rings is 1. The smallest absolute Gasteiger partial charge is 0.264 e. The van der Waals surface area contributed by atoms with Gasteiger partial charge in [-0.2, -0.15) is 0 Å². The fourth-order valence-corrected chi connectivity index (χ4v) is 3.14. The van der Waals surface area contributed by atoms with E-state index in [2.05, 4.69) is 27.2 Å². The number of aryl methyl sites for hydroxylation is 2. The van der Waals surface area contributed by atoms with E-state index >= 15 is 0 Å². The predicted octanol–water partition coefficient (Wildman–Crippen LogP) is 3.68. The first-order valence-corrected chi connectivity index (χ1v) is 9.42. The number of nitrogens with zero attached hydrogens (tertiary/aromatic N) is 4. The third-order valence-electron chi connectivity index (χ3n) is 4.53. The Morgan fingerprint density at radius 3 is 2.90 bits per heavy atom. The zero-order chi connectivity index (χ0) is 20.2. The number of imidazole rings is 1. The van der Waals surface area contributed by atoms with Crippen LogP contribution in [-0.4, -0.2) is 31.9 Å². The molecule has 0 spiro atoms. The molecule has 0 radical (unpaired) electrons. The molecule has 1 aromatic carbocycles. The maximum Gasteiger partial charge on any atom is 0.264 e. The van der Waals surface area contributed by atoms with Gasteiger partial charge >= 0.3 is 0 Å². The number of hydrogen-bond donors (Lipinski definition) is 1. The topological polar surface area (TPSA) is 81.4 Å². The molecule has 0 atom stereocenters. The standard InChI is InChI=1S/C22H21N5O2/c1-3-16-7-6-8-17(13-16)29-14-20(28)26-22-23-11-10-18(25-22)21-15(2)24-19-9-4-5-12-27(19)21/h4-13H,3,14H2,1-2H3,(H,23,25,26,28). The van der Waals surface area contributed by atoms with Crippen LogP contribution in [0.2, 0.25) is 0 Å². The Morgan fingerprint density at radius 2 is 2.03 bits per heavy atom. The van der Waals surface area contributed by atoms with Crippen molar-refractivity contribution in [3.63, 3.8) is 0 Å². The highest BCUT2D eigenvalue weighted by Crippen LogP contribution is 2.23. The van der Waals surface area contributed by atoms with Gasteiger partial charge < -0.3 is 4.74 Å². The molecule has 3 heterocycles. The molecule has 0 aliphatic heterocycles. The fourth-order valence-electron chi connectivity index (χ4n) is 3.14. The second-order valence-corrected chi connectivity index (χ2v) is 6.58. The maximum atomic E-state index is 12.3. The summed E-state index contributed by atoms with van der Waals surface area (Å²) in [5, 5.41) is 2.69. The number of anilines is 1. The summed E-state index contributed by atoms with van der Waals surface area (Å²) in [4.78, 5) is 25.5. The molecule has 7 heteroatoms.